The number of hydrogen-bond donors (Lipinski definition) is 2. The zero-order valence-electron chi connectivity index (χ0n) is 16.3. The third-order valence-electron chi connectivity index (χ3n) is 5.62. The highest BCUT2D eigenvalue weighted by atomic mass is 32.2. The van der Waals surface area contributed by atoms with E-state index in [-0.39, 0.29) is 0 Å². The van der Waals surface area contributed by atoms with Crippen molar-refractivity contribution in [2.24, 2.45) is 0 Å². The summed E-state index contributed by atoms with van der Waals surface area (Å²) in [5, 5.41) is 6.07. The second-order valence-corrected chi connectivity index (χ2v) is 8.52. The van der Waals surface area contributed by atoms with Crippen molar-refractivity contribution in [2.45, 2.75) is 23.5 Å². The van der Waals surface area contributed by atoms with Gasteiger partial charge in [0.25, 0.3) is 0 Å². The third kappa shape index (κ3) is 3.58. The third-order valence-corrected chi connectivity index (χ3v) is 6.85. The lowest BCUT2D eigenvalue weighted by Gasteiger charge is -2.24. The van der Waals surface area contributed by atoms with Crippen LogP contribution in [0.4, 0.5) is 5.69 Å². The Balaban J connectivity index is 1.57. The summed E-state index contributed by atoms with van der Waals surface area (Å²) in [6, 6.07) is 21.5. The van der Waals surface area contributed by atoms with Crippen molar-refractivity contribution in [1.29, 1.82) is 0 Å². The molecular formula is C26H24N2S. The Morgan fingerprint density at radius 3 is 2.76 bits per heavy atom. The van der Waals surface area contributed by atoms with Crippen molar-refractivity contribution < 1.29 is 0 Å². The summed E-state index contributed by atoms with van der Waals surface area (Å²) in [5.74, 6) is 0.913. The van der Waals surface area contributed by atoms with Crippen LogP contribution in [0.3, 0.4) is 0 Å². The lowest BCUT2D eigenvalue weighted by molar-refractivity contribution is 0.897. The molecule has 1 heterocycles. The van der Waals surface area contributed by atoms with Gasteiger partial charge in [0.05, 0.1) is 0 Å². The van der Waals surface area contributed by atoms with Gasteiger partial charge in [0.2, 0.25) is 0 Å². The van der Waals surface area contributed by atoms with Crippen LogP contribution >= 0.6 is 11.8 Å². The van der Waals surface area contributed by atoms with Gasteiger partial charge in [0, 0.05) is 34.2 Å². The molecule has 3 aromatic rings. The van der Waals surface area contributed by atoms with Gasteiger partial charge in [-0.25, -0.2) is 0 Å². The first kappa shape index (κ1) is 18.1. The number of benzene rings is 3. The Kier molecular flexibility index (Phi) is 4.91. The van der Waals surface area contributed by atoms with Gasteiger partial charge in [0.1, 0.15) is 0 Å². The van der Waals surface area contributed by atoms with Gasteiger partial charge in [-0.1, -0.05) is 66.8 Å². The van der Waals surface area contributed by atoms with Crippen LogP contribution in [0.1, 0.15) is 24.0 Å². The SMILES string of the molecule is Nc1ccc2ccc(C3=C4C=CCCC4=CCN3)cc2c1SCc1ccccc1. The van der Waals surface area contributed by atoms with Crippen LogP contribution in [0.2, 0.25) is 0 Å². The number of rotatable bonds is 4. The Morgan fingerprint density at radius 2 is 1.86 bits per heavy atom. The predicted molar refractivity (Wildman–Crippen MR) is 126 cm³/mol. The van der Waals surface area contributed by atoms with E-state index in [1.165, 1.54) is 43.6 Å². The summed E-state index contributed by atoms with van der Waals surface area (Å²) in [6.45, 7) is 0.895. The fourth-order valence-electron chi connectivity index (χ4n) is 4.12. The molecule has 0 atom stereocenters. The number of hydrogen-bond acceptors (Lipinski definition) is 3. The zero-order valence-corrected chi connectivity index (χ0v) is 17.1. The Labute approximate surface area is 176 Å². The molecule has 0 amide bonds. The lowest BCUT2D eigenvalue weighted by atomic mass is 9.89. The maximum absolute atomic E-state index is 6.42. The van der Waals surface area contributed by atoms with E-state index in [9.17, 15) is 0 Å². The van der Waals surface area contributed by atoms with E-state index in [4.69, 9.17) is 5.73 Å². The van der Waals surface area contributed by atoms with E-state index in [1.54, 1.807) is 0 Å². The molecule has 0 radical (unpaired) electrons. The highest BCUT2D eigenvalue weighted by Gasteiger charge is 2.18. The second kappa shape index (κ2) is 7.84. The van der Waals surface area contributed by atoms with Gasteiger partial charge in [-0.15, -0.1) is 11.8 Å². The molecule has 3 aromatic carbocycles. The minimum absolute atomic E-state index is 0.850. The van der Waals surface area contributed by atoms with Crippen molar-refractivity contribution in [1.82, 2.24) is 5.32 Å². The summed E-state index contributed by atoms with van der Waals surface area (Å²) in [4.78, 5) is 1.17. The number of nitrogens with two attached hydrogens (primary N) is 1. The number of nitrogen functional groups attached to an aromatic ring is 1. The van der Waals surface area contributed by atoms with Gasteiger partial charge >= 0.3 is 0 Å². The van der Waals surface area contributed by atoms with Gasteiger partial charge < -0.3 is 11.1 Å². The second-order valence-electron chi connectivity index (χ2n) is 7.53. The number of nitrogens with one attached hydrogen (secondary N) is 1. The first-order chi connectivity index (χ1) is 14.3. The van der Waals surface area contributed by atoms with Gasteiger partial charge in [-0.05, 0) is 52.4 Å². The summed E-state index contributed by atoms with van der Waals surface area (Å²) in [7, 11) is 0. The fraction of sp³-hybridized carbons (Fsp3) is 0.154. The normalized spacial score (nSPS) is 15.8. The quantitative estimate of drug-likeness (QED) is 0.401. The summed E-state index contributed by atoms with van der Waals surface area (Å²) in [5.41, 5.74) is 13.9. The molecule has 0 fully saturated rings. The molecular weight excluding hydrogens is 372 g/mol. The largest absolute Gasteiger partial charge is 0.398 e. The van der Waals surface area contributed by atoms with Crippen LogP contribution in [0.15, 0.2) is 94.9 Å². The van der Waals surface area contributed by atoms with Crippen molar-refractivity contribution in [2.75, 3.05) is 12.3 Å². The van der Waals surface area contributed by atoms with Gasteiger partial charge in [0.15, 0.2) is 0 Å². The average molecular weight is 397 g/mol. The molecule has 29 heavy (non-hydrogen) atoms. The molecule has 1 aliphatic heterocycles. The minimum Gasteiger partial charge on any atom is -0.398 e. The number of allylic oxidation sites excluding steroid dienone is 4. The van der Waals surface area contributed by atoms with E-state index in [1.807, 2.05) is 17.8 Å². The van der Waals surface area contributed by atoms with Crippen LogP contribution in [0.5, 0.6) is 0 Å². The van der Waals surface area contributed by atoms with Gasteiger partial charge in [-0.3, -0.25) is 0 Å². The number of fused-ring (bicyclic) bond motifs is 2. The van der Waals surface area contributed by atoms with E-state index in [0.29, 0.717) is 0 Å². The van der Waals surface area contributed by atoms with Crippen LogP contribution < -0.4 is 11.1 Å². The predicted octanol–water partition coefficient (Wildman–Crippen LogP) is 6.31. The Morgan fingerprint density at radius 1 is 1.00 bits per heavy atom. The molecule has 1 aliphatic carbocycles. The molecule has 0 bridgehead atoms. The standard InChI is InChI=1S/C26H24N2S/c27-24-13-12-20-10-11-21(25-22-9-5-4-8-19(22)14-15-28-25)16-23(20)26(24)29-17-18-6-2-1-3-7-18/h1-3,5-7,9-14,16,28H,4,8,15,17,27H2. The summed E-state index contributed by atoms with van der Waals surface area (Å²) < 4.78 is 0. The molecule has 2 aliphatic rings. The maximum Gasteiger partial charge on any atom is 0.0492 e. The molecule has 0 unspecified atom stereocenters. The zero-order chi connectivity index (χ0) is 19.6. The molecule has 144 valence electrons. The van der Waals surface area contributed by atoms with Crippen molar-refractivity contribution in [3.8, 4) is 0 Å². The van der Waals surface area contributed by atoms with Crippen LogP contribution in [0, 0.1) is 0 Å². The van der Waals surface area contributed by atoms with Crippen LogP contribution in [-0.4, -0.2) is 6.54 Å². The highest BCUT2D eigenvalue weighted by molar-refractivity contribution is 7.99. The molecule has 0 saturated carbocycles. The average Bonchev–Trinajstić information content (AvgIpc) is 2.78. The first-order valence-electron chi connectivity index (χ1n) is 10.1. The highest BCUT2D eigenvalue weighted by Crippen LogP contribution is 2.38. The lowest BCUT2D eigenvalue weighted by Crippen LogP contribution is -2.20. The van der Waals surface area contributed by atoms with E-state index < -0.39 is 0 Å². The number of anilines is 1. The van der Waals surface area contributed by atoms with Crippen molar-refractivity contribution >= 4 is 33.9 Å². The van der Waals surface area contributed by atoms with E-state index in [0.717, 1.165) is 30.8 Å². The summed E-state index contributed by atoms with van der Waals surface area (Å²) >= 11 is 1.82. The minimum atomic E-state index is 0.850. The topological polar surface area (TPSA) is 38.0 Å². The number of thioether (sulfide) groups is 1. The molecule has 3 heteroatoms. The molecule has 0 spiro atoms. The number of dihydropyridines is 1. The monoisotopic (exact) mass is 396 g/mol. The molecule has 3 N–H and O–H groups in total. The maximum atomic E-state index is 6.42. The molecule has 0 aromatic heterocycles. The smallest absolute Gasteiger partial charge is 0.0492 e. The van der Waals surface area contributed by atoms with Gasteiger partial charge in [-0.2, -0.15) is 0 Å². The Bertz CT molecular complexity index is 1160. The van der Waals surface area contributed by atoms with E-state index in [2.05, 4.69) is 78.1 Å². The summed E-state index contributed by atoms with van der Waals surface area (Å²) in [6.07, 6.45) is 9.14. The molecule has 2 nitrogen and oxygen atoms in total. The van der Waals surface area contributed by atoms with E-state index >= 15 is 0 Å². The molecule has 5 rings (SSSR count). The van der Waals surface area contributed by atoms with Crippen LogP contribution in [0.25, 0.3) is 16.5 Å². The molecule has 0 saturated heterocycles. The van der Waals surface area contributed by atoms with Crippen molar-refractivity contribution in [3.05, 3.63) is 101 Å². The Hall–Kier alpha value is -2.91. The fourth-order valence-corrected chi connectivity index (χ4v) is 5.19. The van der Waals surface area contributed by atoms with Crippen molar-refractivity contribution in [3.63, 3.8) is 0 Å². The first-order valence-corrected chi connectivity index (χ1v) is 11.1. The van der Waals surface area contributed by atoms with Crippen LogP contribution in [-0.2, 0) is 5.75 Å².